The SMILES string of the molecule is CN(CC1CC(O)C1)C(=O)NC(C)(C)C. The molecular formula is C11H22N2O2. The van der Waals surface area contributed by atoms with Crippen LogP contribution in [0.15, 0.2) is 0 Å². The molecule has 4 heteroatoms. The second-order valence-corrected chi connectivity index (χ2v) is 5.55. The molecule has 1 rings (SSSR count). The van der Waals surface area contributed by atoms with Crippen molar-refractivity contribution in [1.29, 1.82) is 0 Å². The molecule has 0 bridgehead atoms. The number of aliphatic hydroxyl groups excluding tert-OH is 1. The van der Waals surface area contributed by atoms with Gasteiger partial charge >= 0.3 is 6.03 Å². The van der Waals surface area contributed by atoms with E-state index in [1.165, 1.54) is 0 Å². The summed E-state index contributed by atoms with van der Waals surface area (Å²) >= 11 is 0. The Bertz CT molecular complexity index is 229. The van der Waals surface area contributed by atoms with Crippen LogP contribution in [0.4, 0.5) is 4.79 Å². The molecule has 0 aromatic carbocycles. The zero-order valence-corrected chi connectivity index (χ0v) is 10.1. The van der Waals surface area contributed by atoms with E-state index in [-0.39, 0.29) is 17.7 Å². The Balaban J connectivity index is 2.27. The molecule has 4 nitrogen and oxygen atoms in total. The number of hydrogen-bond donors (Lipinski definition) is 2. The van der Waals surface area contributed by atoms with Gasteiger partial charge in [-0.25, -0.2) is 4.79 Å². The fourth-order valence-electron chi connectivity index (χ4n) is 1.74. The van der Waals surface area contributed by atoms with Gasteiger partial charge in [-0.3, -0.25) is 0 Å². The van der Waals surface area contributed by atoms with Crippen molar-refractivity contribution < 1.29 is 9.90 Å². The predicted molar refractivity (Wildman–Crippen MR) is 59.6 cm³/mol. The van der Waals surface area contributed by atoms with Crippen molar-refractivity contribution in [2.75, 3.05) is 13.6 Å². The maximum Gasteiger partial charge on any atom is 0.317 e. The van der Waals surface area contributed by atoms with Crippen molar-refractivity contribution in [2.24, 2.45) is 5.92 Å². The zero-order chi connectivity index (χ0) is 11.6. The average Bonchev–Trinajstić information content (AvgIpc) is 1.98. The predicted octanol–water partition coefficient (Wildman–Crippen LogP) is 1.20. The molecule has 1 fully saturated rings. The third-order valence-corrected chi connectivity index (χ3v) is 2.57. The van der Waals surface area contributed by atoms with Crippen LogP contribution in [0.3, 0.4) is 0 Å². The van der Waals surface area contributed by atoms with Gasteiger partial charge in [-0.2, -0.15) is 0 Å². The van der Waals surface area contributed by atoms with Crippen molar-refractivity contribution in [3.63, 3.8) is 0 Å². The first-order valence-electron chi connectivity index (χ1n) is 5.49. The zero-order valence-electron chi connectivity index (χ0n) is 10.1. The number of urea groups is 1. The summed E-state index contributed by atoms with van der Waals surface area (Å²) in [5, 5.41) is 12.0. The quantitative estimate of drug-likeness (QED) is 0.725. The molecule has 2 N–H and O–H groups in total. The molecule has 0 aliphatic heterocycles. The van der Waals surface area contributed by atoms with E-state index in [1.54, 1.807) is 11.9 Å². The van der Waals surface area contributed by atoms with Gasteiger partial charge in [0.2, 0.25) is 0 Å². The largest absolute Gasteiger partial charge is 0.393 e. The summed E-state index contributed by atoms with van der Waals surface area (Å²) in [6.07, 6.45) is 1.51. The fraction of sp³-hybridized carbons (Fsp3) is 0.909. The van der Waals surface area contributed by atoms with Gasteiger partial charge in [0.1, 0.15) is 0 Å². The minimum absolute atomic E-state index is 0.0381. The molecule has 1 saturated carbocycles. The Hall–Kier alpha value is -0.770. The van der Waals surface area contributed by atoms with E-state index < -0.39 is 0 Å². The number of aliphatic hydroxyl groups is 1. The number of rotatable bonds is 2. The van der Waals surface area contributed by atoms with Crippen LogP contribution in [0.2, 0.25) is 0 Å². The summed E-state index contributed by atoms with van der Waals surface area (Å²) in [7, 11) is 1.80. The fourth-order valence-corrected chi connectivity index (χ4v) is 1.74. The molecule has 0 radical (unpaired) electrons. The summed E-state index contributed by atoms with van der Waals surface area (Å²) < 4.78 is 0. The highest BCUT2D eigenvalue weighted by Gasteiger charge is 2.29. The van der Waals surface area contributed by atoms with Gasteiger partial charge in [0.15, 0.2) is 0 Å². The third kappa shape index (κ3) is 4.08. The smallest absolute Gasteiger partial charge is 0.317 e. The number of carbonyl (C=O) groups excluding carboxylic acids is 1. The molecule has 0 atom stereocenters. The molecule has 88 valence electrons. The van der Waals surface area contributed by atoms with Crippen LogP contribution in [0.1, 0.15) is 33.6 Å². The second-order valence-electron chi connectivity index (χ2n) is 5.55. The molecule has 0 aromatic rings. The highest BCUT2D eigenvalue weighted by atomic mass is 16.3. The van der Waals surface area contributed by atoms with Gasteiger partial charge in [-0.15, -0.1) is 0 Å². The standard InChI is InChI=1S/C11H22N2O2/c1-11(2,3)12-10(15)13(4)7-8-5-9(14)6-8/h8-9,14H,5-7H2,1-4H3,(H,12,15). The van der Waals surface area contributed by atoms with Crippen LogP contribution in [-0.4, -0.2) is 41.3 Å². The molecule has 15 heavy (non-hydrogen) atoms. The topological polar surface area (TPSA) is 52.6 Å². The maximum atomic E-state index is 11.7. The molecule has 2 amide bonds. The Morgan fingerprint density at radius 2 is 2.00 bits per heavy atom. The Kier molecular flexibility index (Phi) is 3.60. The maximum absolute atomic E-state index is 11.7. The number of nitrogens with one attached hydrogen (secondary N) is 1. The van der Waals surface area contributed by atoms with E-state index in [0.29, 0.717) is 5.92 Å². The number of hydrogen-bond acceptors (Lipinski definition) is 2. The van der Waals surface area contributed by atoms with Crippen molar-refractivity contribution in [2.45, 2.75) is 45.3 Å². The van der Waals surface area contributed by atoms with Crippen molar-refractivity contribution in [3.8, 4) is 0 Å². The van der Waals surface area contributed by atoms with E-state index in [9.17, 15) is 4.79 Å². The first-order valence-corrected chi connectivity index (χ1v) is 5.49. The van der Waals surface area contributed by atoms with Crippen LogP contribution in [0.5, 0.6) is 0 Å². The van der Waals surface area contributed by atoms with Gasteiger partial charge in [0.05, 0.1) is 6.10 Å². The molecule has 1 aliphatic carbocycles. The number of nitrogens with zero attached hydrogens (tertiary/aromatic N) is 1. The van der Waals surface area contributed by atoms with Crippen LogP contribution < -0.4 is 5.32 Å². The van der Waals surface area contributed by atoms with Gasteiger partial charge in [0, 0.05) is 19.1 Å². The van der Waals surface area contributed by atoms with E-state index in [2.05, 4.69) is 5.32 Å². The molecular weight excluding hydrogens is 192 g/mol. The van der Waals surface area contributed by atoms with Gasteiger partial charge in [0.25, 0.3) is 0 Å². The molecule has 0 saturated heterocycles. The lowest BCUT2D eigenvalue weighted by atomic mass is 9.82. The summed E-state index contributed by atoms with van der Waals surface area (Å²) in [5.41, 5.74) is -0.190. The minimum Gasteiger partial charge on any atom is -0.393 e. The molecule has 0 spiro atoms. The summed E-state index contributed by atoms with van der Waals surface area (Å²) in [6, 6.07) is -0.0381. The average molecular weight is 214 g/mol. The van der Waals surface area contributed by atoms with Crippen molar-refractivity contribution in [3.05, 3.63) is 0 Å². The second kappa shape index (κ2) is 4.39. The third-order valence-electron chi connectivity index (χ3n) is 2.57. The minimum atomic E-state index is -0.190. The van der Waals surface area contributed by atoms with Gasteiger partial charge < -0.3 is 15.3 Å². The highest BCUT2D eigenvalue weighted by Crippen LogP contribution is 2.27. The summed E-state index contributed by atoms with van der Waals surface area (Å²) in [6.45, 7) is 6.63. The van der Waals surface area contributed by atoms with Crippen LogP contribution in [0, 0.1) is 5.92 Å². The van der Waals surface area contributed by atoms with Crippen LogP contribution in [-0.2, 0) is 0 Å². The summed E-state index contributed by atoms with van der Waals surface area (Å²) in [5.74, 6) is 0.468. The molecule has 0 unspecified atom stereocenters. The van der Waals surface area contributed by atoms with Crippen LogP contribution >= 0.6 is 0 Å². The van der Waals surface area contributed by atoms with E-state index in [1.807, 2.05) is 20.8 Å². The van der Waals surface area contributed by atoms with Crippen molar-refractivity contribution in [1.82, 2.24) is 10.2 Å². The van der Waals surface area contributed by atoms with Crippen LogP contribution in [0.25, 0.3) is 0 Å². The number of carbonyl (C=O) groups is 1. The molecule has 0 aromatic heterocycles. The Morgan fingerprint density at radius 3 is 2.40 bits per heavy atom. The first-order chi connectivity index (χ1) is 6.78. The van der Waals surface area contributed by atoms with Crippen molar-refractivity contribution >= 4 is 6.03 Å². The Labute approximate surface area is 91.6 Å². The summed E-state index contributed by atoms with van der Waals surface area (Å²) in [4.78, 5) is 13.4. The van der Waals surface area contributed by atoms with Gasteiger partial charge in [-0.05, 0) is 39.5 Å². The lowest BCUT2D eigenvalue weighted by Gasteiger charge is -2.35. The monoisotopic (exact) mass is 214 g/mol. The van der Waals surface area contributed by atoms with E-state index >= 15 is 0 Å². The number of amides is 2. The first kappa shape index (κ1) is 12.3. The Morgan fingerprint density at radius 1 is 1.47 bits per heavy atom. The lowest BCUT2D eigenvalue weighted by molar-refractivity contribution is 0.0321. The lowest BCUT2D eigenvalue weighted by Crippen LogP contribution is -2.49. The van der Waals surface area contributed by atoms with E-state index in [4.69, 9.17) is 5.11 Å². The highest BCUT2D eigenvalue weighted by molar-refractivity contribution is 5.74. The van der Waals surface area contributed by atoms with Gasteiger partial charge in [-0.1, -0.05) is 0 Å². The molecule has 0 heterocycles. The molecule has 1 aliphatic rings. The van der Waals surface area contributed by atoms with E-state index in [0.717, 1.165) is 19.4 Å². The normalized spacial score (nSPS) is 25.7.